The lowest BCUT2D eigenvalue weighted by atomic mass is 10.1. The highest BCUT2D eigenvalue weighted by Crippen LogP contribution is 2.29. The number of hydrogen-bond donors (Lipinski definition) is 1. The van der Waals surface area contributed by atoms with Crippen LogP contribution in [0.5, 0.6) is 11.5 Å². The summed E-state index contributed by atoms with van der Waals surface area (Å²) in [6, 6.07) is 15.8. The highest BCUT2D eigenvalue weighted by molar-refractivity contribution is 5.76. The minimum Gasteiger partial charge on any atom is -0.493 e. The number of rotatable bonds is 8. The number of carbonyl (C=O) groups excluding carboxylic acids is 1. The average molecular weight is 351 g/mol. The number of methoxy groups -OCH3 is 1. The standard InChI is InChI=1S/C22H25NO3/c1-25-21-13-19(15-23-22(24)14-17-7-5-6-8-17)11-12-20(21)26-16-18-9-3-2-4-10-18/h2-5,7,9-13,17H,6,8,14-16H2,1H3,(H,23,24). The quantitative estimate of drug-likeness (QED) is 0.724. The lowest BCUT2D eigenvalue weighted by Gasteiger charge is -2.13. The molecule has 0 aromatic heterocycles. The Balaban J connectivity index is 1.54. The van der Waals surface area contributed by atoms with Gasteiger partial charge in [-0.15, -0.1) is 0 Å². The van der Waals surface area contributed by atoms with Gasteiger partial charge in [0.25, 0.3) is 0 Å². The monoisotopic (exact) mass is 351 g/mol. The van der Waals surface area contributed by atoms with Crippen LogP contribution < -0.4 is 14.8 Å². The van der Waals surface area contributed by atoms with E-state index < -0.39 is 0 Å². The number of ether oxygens (including phenoxy) is 2. The SMILES string of the molecule is COc1cc(CNC(=O)CC2C=CCC2)ccc1OCc1ccccc1. The molecule has 1 N–H and O–H groups in total. The van der Waals surface area contributed by atoms with Crippen molar-refractivity contribution in [3.63, 3.8) is 0 Å². The summed E-state index contributed by atoms with van der Waals surface area (Å²) in [5, 5.41) is 2.99. The second-order valence-corrected chi connectivity index (χ2v) is 6.51. The van der Waals surface area contributed by atoms with Crippen molar-refractivity contribution >= 4 is 5.91 Å². The summed E-state index contributed by atoms with van der Waals surface area (Å²) in [7, 11) is 1.62. The van der Waals surface area contributed by atoms with E-state index in [1.807, 2.05) is 48.5 Å². The summed E-state index contributed by atoms with van der Waals surface area (Å²) in [5.74, 6) is 1.84. The second kappa shape index (κ2) is 9.09. The summed E-state index contributed by atoms with van der Waals surface area (Å²) in [4.78, 5) is 12.1. The van der Waals surface area contributed by atoms with E-state index in [1.165, 1.54) is 0 Å². The average Bonchev–Trinajstić information content (AvgIpc) is 3.18. The van der Waals surface area contributed by atoms with E-state index in [0.29, 0.717) is 37.0 Å². The Labute approximate surface area is 154 Å². The number of carbonyl (C=O) groups is 1. The van der Waals surface area contributed by atoms with Crippen molar-refractivity contribution < 1.29 is 14.3 Å². The molecule has 1 unspecified atom stereocenters. The number of allylic oxidation sites excluding steroid dienone is 2. The first-order valence-electron chi connectivity index (χ1n) is 9.01. The zero-order valence-corrected chi connectivity index (χ0v) is 15.1. The Morgan fingerprint density at radius 1 is 1.12 bits per heavy atom. The Kier molecular flexibility index (Phi) is 6.31. The molecule has 0 aliphatic heterocycles. The number of benzene rings is 2. The molecule has 0 radical (unpaired) electrons. The Morgan fingerprint density at radius 3 is 2.69 bits per heavy atom. The predicted molar refractivity (Wildman–Crippen MR) is 102 cm³/mol. The molecular formula is C22H25NO3. The lowest BCUT2D eigenvalue weighted by Crippen LogP contribution is -2.24. The van der Waals surface area contributed by atoms with Gasteiger partial charge in [-0.25, -0.2) is 0 Å². The zero-order valence-electron chi connectivity index (χ0n) is 15.1. The summed E-state index contributed by atoms with van der Waals surface area (Å²) >= 11 is 0. The molecule has 1 aliphatic rings. The Bertz CT molecular complexity index is 755. The van der Waals surface area contributed by atoms with E-state index in [0.717, 1.165) is 24.0 Å². The third-order valence-corrected chi connectivity index (χ3v) is 4.51. The number of nitrogens with one attached hydrogen (secondary N) is 1. The van der Waals surface area contributed by atoms with Gasteiger partial charge in [0.15, 0.2) is 11.5 Å². The molecule has 1 atom stereocenters. The van der Waals surface area contributed by atoms with Gasteiger partial charge < -0.3 is 14.8 Å². The Hall–Kier alpha value is -2.75. The van der Waals surface area contributed by atoms with Gasteiger partial charge in [0, 0.05) is 13.0 Å². The number of amides is 1. The van der Waals surface area contributed by atoms with Gasteiger partial charge >= 0.3 is 0 Å². The van der Waals surface area contributed by atoms with Crippen LogP contribution in [-0.2, 0) is 17.9 Å². The maximum absolute atomic E-state index is 12.1. The minimum absolute atomic E-state index is 0.0879. The van der Waals surface area contributed by atoms with Crippen LogP contribution in [0.15, 0.2) is 60.7 Å². The molecule has 26 heavy (non-hydrogen) atoms. The highest BCUT2D eigenvalue weighted by Gasteiger charge is 2.14. The summed E-state index contributed by atoms with van der Waals surface area (Å²) in [6.07, 6.45) is 7.01. The first-order chi connectivity index (χ1) is 12.7. The molecule has 1 aliphatic carbocycles. The first-order valence-corrected chi connectivity index (χ1v) is 9.01. The molecule has 1 amide bonds. The fraction of sp³-hybridized carbons (Fsp3) is 0.318. The van der Waals surface area contributed by atoms with Crippen LogP contribution in [0.3, 0.4) is 0 Å². The van der Waals surface area contributed by atoms with Gasteiger partial charge in [0.05, 0.1) is 7.11 Å². The lowest BCUT2D eigenvalue weighted by molar-refractivity contribution is -0.121. The minimum atomic E-state index is 0.0879. The molecule has 4 nitrogen and oxygen atoms in total. The van der Waals surface area contributed by atoms with Crippen LogP contribution in [0.2, 0.25) is 0 Å². The first kappa shape index (κ1) is 18.1. The molecule has 0 bridgehead atoms. The van der Waals surface area contributed by atoms with Crippen LogP contribution in [0.25, 0.3) is 0 Å². The van der Waals surface area contributed by atoms with Crippen molar-refractivity contribution in [1.29, 1.82) is 0 Å². The molecule has 136 valence electrons. The topological polar surface area (TPSA) is 47.6 Å². The largest absolute Gasteiger partial charge is 0.493 e. The molecule has 0 saturated heterocycles. The molecule has 0 fully saturated rings. The summed E-state index contributed by atoms with van der Waals surface area (Å²) in [6.45, 7) is 0.979. The van der Waals surface area contributed by atoms with E-state index in [2.05, 4.69) is 17.5 Å². The van der Waals surface area contributed by atoms with E-state index in [9.17, 15) is 4.79 Å². The third-order valence-electron chi connectivity index (χ3n) is 4.51. The molecule has 3 rings (SSSR count). The molecular weight excluding hydrogens is 326 g/mol. The predicted octanol–water partition coefficient (Wildman–Crippen LogP) is 4.25. The van der Waals surface area contributed by atoms with Crippen molar-refractivity contribution in [2.24, 2.45) is 5.92 Å². The maximum Gasteiger partial charge on any atom is 0.220 e. The van der Waals surface area contributed by atoms with E-state index in [-0.39, 0.29) is 5.91 Å². The highest BCUT2D eigenvalue weighted by atomic mass is 16.5. The molecule has 0 heterocycles. The van der Waals surface area contributed by atoms with Crippen molar-refractivity contribution in [2.75, 3.05) is 7.11 Å². The van der Waals surface area contributed by atoms with Gasteiger partial charge in [-0.1, -0.05) is 48.6 Å². The second-order valence-electron chi connectivity index (χ2n) is 6.51. The normalized spacial score (nSPS) is 15.7. The fourth-order valence-corrected chi connectivity index (χ4v) is 3.05. The molecule has 0 spiro atoms. The molecule has 2 aromatic carbocycles. The van der Waals surface area contributed by atoms with Gasteiger partial charge in [0.1, 0.15) is 6.61 Å². The van der Waals surface area contributed by atoms with Gasteiger partial charge in [-0.3, -0.25) is 4.79 Å². The molecule has 2 aromatic rings. The third kappa shape index (κ3) is 5.12. The van der Waals surface area contributed by atoms with Crippen molar-refractivity contribution in [3.05, 3.63) is 71.8 Å². The smallest absolute Gasteiger partial charge is 0.220 e. The van der Waals surface area contributed by atoms with Gasteiger partial charge in [-0.2, -0.15) is 0 Å². The van der Waals surface area contributed by atoms with E-state index in [1.54, 1.807) is 7.11 Å². The summed E-state index contributed by atoms with van der Waals surface area (Å²) in [5.41, 5.74) is 2.09. The van der Waals surface area contributed by atoms with Crippen LogP contribution in [0.4, 0.5) is 0 Å². The van der Waals surface area contributed by atoms with E-state index >= 15 is 0 Å². The molecule has 0 saturated carbocycles. The summed E-state index contributed by atoms with van der Waals surface area (Å²) < 4.78 is 11.3. The van der Waals surface area contributed by atoms with E-state index in [4.69, 9.17) is 9.47 Å². The van der Waals surface area contributed by atoms with Crippen molar-refractivity contribution in [2.45, 2.75) is 32.4 Å². The van der Waals surface area contributed by atoms with Crippen LogP contribution in [0.1, 0.15) is 30.4 Å². The van der Waals surface area contributed by atoms with Crippen molar-refractivity contribution in [3.8, 4) is 11.5 Å². The Morgan fingerprint density at radius 2 is 1.96 bits per heavy atom. The fourth-order valence-electron chi connectivity index (χ4n) is 3.05. The van der Waals surface area contributed by atoms with Crippen molar-refractivity contribution in [1.82, 2.24) is 5.32 Å². The number of hydrogen-bond acceptors (Lipinski definition) is 3. The maximum atomic E-state index is 12.1. The van der Waals surface area contributed by atoms with Crippen LogP contribution in [0, 0.1) is 5.92 Å². The zero-order chi connectivity index (χ0) is 18.2. The van der Waals surface area contributed by atoms with Crippen LogP contribution >= 0.6 is 0 Å². The van der Waals surface area contributed by atoms with Gasteiger partial charge in [-0.05, 0) is 42.0 Å². The molecule has 4 heteroatoms. The van der Waals surface area contributed by atoms with Crippen LogP contribution in [-0.4, -0.2) is 13.0 Å². The van der Waals surface area contributed by atoms with Gasteiger partial charge in [0.2, 0.25) is 5.91 Å².